The normalized spacial score (nSPS) is 12.1. The van der Waals surface area contributed by atoms with E-state index in [9.17, 15) is 8.42 Å². The van der Waals surface area contributed by atoms with Crippen molar-refractivity contribution in [3.05, 3.63) is 60.2 Å². The first-order chi connectivity index (χ1) is 11.4. The van der Waals surface area contributed by atoms with Gasteiger partial charge in [-0.2, -0.15) is 5.11 Å². The molecule has 0 radical (unpaired) electrons. The zero-order valence-electron chi connectivity index (χ0n) is 13.0. The molecule has 0 amide bonds. The Hall–Kier alpha value is -2.77. The number of nitrogens with zero attached hydrogens (tertiary/aromatic N) is 2. The Morgan fingerprint density at radius 1 is 0.917 bits per heavy atom. The van der Waals surface area contributed by atoms with Gasteiger partial charge in [-0.15, -0.1) is 5.11 Å². The molecule has 0 saturated heterocycles. The molecular formula is C17H16N4O2S. The van der Waals surface area contributed by atoms with Crippen LogP contribution in [0.25, 0.3) is 10.8 Å². The number of fused-ring (bicyclic) bond motifs is 1. The lowest BCUT2D eigenvalue weighted by atomic mass is 10.1. The summed E-state index contributed by atoms with van der Waals surface area (Å²) in [6.07, 6.45) is 0. The van der Waals surface area contributed by atoms with Gasteiger partial charge in [0.15, 0.2) is 0 Å². The second-order valence-electron chi connectivity index (χ2n) is 5.41. The third kappa shape index (κ3) is 3.12. The van der Waals surface area contributed by atoms with Gasteiger partial charge < -0.3 is 5.73 Å². The van der Waals surface area contributed by atoms with Crippen molar-refractivity contribution in [1.29, 1.82) is 0 Å². The van der Waals surface area contributed by atoms with Crippen LogP contribution < -0.4 is 10.9 Å². The molecule has 6 nitrogen and oxygen atoms in total. The van der Waals surface area contributed by atoms with Gasteiger partial charge in [-0.3, -0.25) is 0 Å². The summed E-state index contributed by atoms with van der Waals surface area (Å²) in [6.45, 7) is 1.67. The van der Waals surface area contributed by atoms with E-state index in [0.717, 1.165) is 10.8 Å². The number of hydrogen-bond acceptors (Lipinski definition) is 5. The third-order valence-electron chi connectivity index (χ3n) is 3.69. The fourth-order valence-electron chi connectivity index (χ4n) is 2.46. The highest BCUT2D eigenvalue weighted by atomic mass is 32.2. The fourth-order valence-corrected chi connectivity index (χ4v) is 3.26. The summed E-state index contributed by atoms with van der Waals surface area (Å²) in [5.41, 5.74) is 8.25. The number of azo groups is 1. The number of primary sulfonamides is 1. The van der Waals surface area contributed by atoms with Crippen molar-refractivity contribution in [2.24, 2.45) is 15.4 Å². The Morgan fingerprint density at radius 3 is 2.33 bits per heavy atom. The summed E-state index contributed by atoms with van der Waals surface area (Å²) in [4.78, 5) is 0.0427. The maximum absolute atomic E-state index is 11.6. The van der Waals surface area contributed by atoms with Crippen molar-refractivity contribution < 1.29 is 8.42 Å². The van der Waals surface area contributed by atoms with E-state index in [0.29, 0.717) is 22.6 Å². The smallest absolute Gasteiger partial charge is 0.238 e. The summed E-state index contributed by atoms with van der Waals surface area (Å²) in [5, 5.41) is 15.3. The highest BCUT2D eigenvalue weighted by Crippen LogP contribution is 2.31. The Morgan fingerprint density at radius 2 is 1.62 bits per heavy atom. The largest absolute Gasteiger partial charge is 0.398 e. The van der Waals surface area contributed by atoms with Crippen LogP contribution in [0.2, 0.25) is 0 Å². The number of nitrogen functional groups attached to an aromatic ring is 1. The van der Waals surface area contributed by atoms with Gasteiger partial charge in [-0.05, 0) is 36.8 Å². The third-order valence-corrected chi connectivity index (χ3v) is 4.74. The van der Waals surface area contributed by atoms with Crippen LogP contribution in [0.3, 0.4) is 0 Å². The first-order valence-corrected chi connectivity index (χ1v) is 8.73. The van der Waals surface area contributed by atoms with Gasteiger partial charge in [0.05, 0.1) is 16.3 Å². The number of hydrogen-bond donors (Lipinski definition) is 2. The van der Waals surface area contributed by atoms with E-state index in [4.69, 9.17) is 10.9 Å². The monoisotopic (exact) mass is 340 g/mol. The van der Waals surface area contributed by atoms with Crippen molar-refractivity contribution in [2.45, 2.75) is 11.8 Å². The second kappa shape index (κ2) is 6.03. The summed E-state index contributed by atoms with van der Waals surface area (Å²) in [7, 11) is -3.80. The highest BCUT2D eigenvalue weighted by Gasteiger charge is 2.12. The number of nitrogens with two attached hydrogens (primary N) is 2. The number of anilines is 1. The van der Waals surface area contributed by atoms with Gasteiger partial charge in [-0.25, -0.2) is 13.6 Å². The minimum atomic E-state index is -3.80. The Labute approximate surface area is 139 Å². The molecule has 122 valence electrons. The topological polar surface area (TPSA) is 111 Å². The van der Waals surface area contributed by atoms with Crippen LogP contribution in [0, 0.1) is 6.92 Å². The zero-order chi connectivity index (χ0) is 17.3. The van der Waals surface area contributed by atoms with Gasteiger partial charge in [0.25, 0.3) is 0 Å². The number of sulfonamides is 1. The summed E-state index contributed by atoms with van der Waals surface area (Å²) in [6, 6.07) is 15.9. The molecule has 0 aliphatic heterocycles. The van der Waals surface area contributed by atoms with E-state index in [1.807, 2.05) is 24.3 Å². The molecule has 4 N–H and O–H groups in total. The van der Waals surface area contributed by atoms with Gasteiger partial charge in [0.1, 0.15) is 0 Å². The predicted octanol–water partition coefficient (Wildman–Crippen LogP) is 3.79. The first-order valence-electron chi connectivity index (χ1n) is 7.19. The average molecular weight is 340 g/mol. The molecule has 24 heavy (non-hydrogen) atoms. The molecule has 0 aliphatic carbocycles. The quantitative estimate of drug-likeness (QED) is 0.559. The van der Waals surface area contributed by atoms with Crippen molar-refractivity contribution in [1.82, 2.24) is 0 Å². The van der Waals surface area contributed by atoms with Gasteiger partial charge in [0.2, 0.25) is 10.0 Å². The fraction of sp³-hybridized carbons (Fsp3) is 0.0588. The Kier molecular flexibility index (Phi) is 4.04. The highest BCUT2D eigenvalue weighted by molar-refractivity contribution is 7.89. The molecule has 0 aliphatic rings. The molecule has 7 heteroatoms. The lowest BCUT2D eigenvalue weighted by Gasteiger charge is -2.05. The van der Waals surface area contributed by atoms with E-state index in [2.05, 4.69) is 10.2 Å². The van der Waals surface area contributed by atoms with Crippen LogP contribution >= 0.6 is 0 Å². The molecule has 3 rings (SSSR count). The lowest BCUT2D eigenvalue weighted by Crippen LogP contribution is -2.13. The van der Waals surface area contributed by atoms with Crippen molar-refractivity contribution in [3.63, 3.8) is 0 Å². The summed E-state index contributed by atoms with van der Waals surface area (Å²) >= 11 is 0. The minimum absolute atomic E-state index is 0.0427. The zero-order valence-corrected chi connectivity index (χ0v) is 13.8. The lowest BCUT2D eigenvalue weighted by molar-refractivity contribution is 0.597. The first kappa shape index (κ1) is 16.1. The van der Waals surface area contributed by atoms with Crippen LogP contribution in [0.4, 0.5) is 17.1 Å². The molecule has 0 spiro atoms. The Balaban J connectivity index is 2.05. The predicted molar refractivity (Wildman–Crippen MR) is 95.1 cm³/mol. The Bertz CT molecular complexity index is 1060. The summed E-state index contributed by atoms with van der Waals surface area (Å²) < 4.78 is 23.2. The van der Waals surface area contributed by atoms with Gasteiger partial charge >= 0.3 is 0 Å². The molecule has 3 aromatic rings. The number of benzene rings is 3. The van der Waals surface area contributed by atoms with Crippen molar-refractivity contribution >= 4 is 37.9 Å². The van der Waals surface area contributed by atoms with E-state index in [1.54, 1.807) is 31.2 Å². The molecule has 0 aromatic heterocycles. The van der Waals surface area contributed by atoms with E-state index in [1.165, 1.54) is 6.07 Å². The van der Waals surface area contributed by atoms with E-state index < -0.39 is 10.0 Å². The molecule has 0 saturated carbocycles. The standard InChI is InChI=1S/C17H16N4O2S/c1-11-6-7-12(10-17(11)24(19,22)23)20-21-16-9-8-15(18)13-4-2-3-5-14(13)16/h2-10H,18H2,1H3,(H2,19,22,23). The van der Waals surface area contributed by atoms with Crippen LogP contribution in [0.15, 0.2) is 69.7 Å². The molecule has 3 aromatic carbocycles. The molecule has 0 unspecified atom stereocenters. The van der Waals surface area contributed by atoms with Crippen LogP contribution in [-0.2, 0) is 10.0 Å². The number of aryl methyl sites for hydroxylation is 1. The van der Waals surface area contributed by atoms with E-state index >= 15 is 0 Å². The van der Waals surface area contributed by atoms with Crippen LogP contribution in [0.1, 0.15) is 5.56 Å². The molecule has 0 heterocycles. The van der Waals surface area contributed by atoms with Gasteiger partial charge in [0, 0.05) is 16.5 Å². The number of rotatable bonds is 3. The summed E-state index contributed by atoms with van der Waals surface area (Å²) in [5.74, 6) is 0. The second-order valence-corrected chi connectivity index (χ2v) is 6.94. The maximum atomic E-state index is 11.6. The van der Waals surface area contributed by atoms with Gasteiger partial charge in [-0.1, -0.05) is 30.3 Å². The molecule has 0 bridgehead atoms. The van der Waals surface area contributed by atoms with Crippen LogP contribution in [0.5, 0.6) is 0 Å². The molecular weight excluding hydrogens is 324 g/mol. The molecule has 0 fully saturated rings. The van der Waals surface area contributed by atoms with Crippen molar-refractivity contribution in [3.8, 4) is 0 Å². The SMILES string of the molecule is Cc1ccc(N=Nc2ccc(N)c3ccccc23)cc1S(N)(=O)=O. The van der Waals surface area contributed by atoms with E-state index in [-0.39, 0.29) is 4.90 Å². The minimum Gasteiger partial charge on any atom is -0.398 e. The van der Waals surface area contributed by atoms with Crippen LogP contribution in [-0.4, -0.2) is 8.42 Å². The average Bonchev–Trinajstić information content (AvgIpc) is 2.55. The molecule has 0 atom stereocenters. The maximum Gasteiger partial charge on any atom is 0.238 e. The van der Waals surface area contributed by atoms with Crippen molar-refractivity contribution in [2.75, 3.05) is 5.73 Å².